The summed E-state index contributed by atoms with van der Waals surface area (Å²) in [6.07, 6.45) is 3.63. The fourth-order valence-corrected chi connectivity index (χ4v) is 2.73. The number of amides is 1. The number of aromatic nitrogens is 1. The Bertz CT molecular complexity index is 488. The van der Waals surface area contributed by atoms with Crippen molar-refractivity contribution in [3.05, 3.63) is 22.8 Å². The van der Waals surface area contributed by atoms with E-state index in [2.05, 4.69) is 10.3 Å². The number of piperidine rings is 1. The highest BCUT2D eigenvalue weighted by Crippen LogP contribution is 2.22. The van der Waals surface area contributed by atoms with Gasteiger partial charge in [0.25, 0.3) is 5.91 Å². The van der Waals surface area contributed by atoms with Crippen LogP contribution in [0, 0.1) is 0 Å². The zero-order valence-electron chi connectivity index (χ0n) is 12.6. The maximum Gasteiger partial charge on any atom is 0.255 e. The molecule has 0 saturated carbocycles. The highest BCUT2D eigenvalue weighted by Gasteiger charge is 2.24. The number of pyridine rings is 1. The Morgan fingerprint density at radius 2 is 2.19 bits per heavy atom. The molecule has 0 aromatic carbocycles. The van der Waals surface area contributed by atoms with Crippen LogP contribution in [0.15, 0.2) is 12.3 Å². The van der Waals surface area contributed by atoms with Crippen LogP contribution in [0.5, 0.6) is 0 Å². The van der Waals surface area contributed by atoms with Gasteiger partial charge in [-0.25, -0.2) is 4.98 Å². The smallest absolute Gasteiger partial charge is 0.255 e. The van der Waals surface area contributed by atoms with Gasteiger partial charge in [0.2, 0.25) is 0 Å². The molecule has 1 saturated heterocycles. The van der Waals surface area contributed by atoms with E-state index in [-0.39, 0.29) is 12.0 Å². The van der Waals surface area contributed by atoms with Crippen LogP contribution < -0.4 is 5.32 Å². The van der Waals surface area contributed by atoms with Gasteiger partial charge < -0.3 is 15.0 Å². The van der Waals surface area contributed by atoms with E-state index in [1.54, 1.807) is 12.3 Å². The summed E-state index contributed by atoms with van der Waals surface area (Å²) in [4.78, 5) is 18.5. The van der Waals surface area contributed by atoms with Gasteiger partial charge in [-0.3, -0.25) is 4.79 Å². The monoisotopic (exact) mass is 311 g/mol. The summed E-state index contributed by atoms with van der Waals surface area (Å²) in [6, 6.07) is 1.68. The molecule has 5 nitrogen and oxygen atoms in total. The molecule has 21 heavy (non-hydrogen) atoms. The van der Waals surface area contributed by atoms with Crippen molar-refractivity contribution in [1.82, 2.24) is 9.88 Å². The van der Waals surface area contributed by atoms with Crippen molar-refractivity contribution in [3.63, 3.8) is 0 Å². The molecule has 0 unspecified atom stereocenters. The van der Waals surface area contributed by atoms with Crippen molar-refractivity contribution in [1.29, 1.82) is 0 Å². The Balaban J connectivity index is 1.99. The minimum absolute atomic E-state index is 0.0117. The lowest BCUT2D eigenvalue weighted by Gasteiger charge is -2.31. The number of ether oxygens (including phenoxy) is 1. The summed E-state index contributed by atoms with van der Waals surface area (Å²) in [7, 11) is 0. The average Bonchev–Trinajstić information content (AvgIpc) is 2.50. The Morgan fingerprint density at radius 1 is 1.48 bits per heavy atom. The minimum Gasteiger partial charge on any atom is -0.378 e. The molecular formula is C15H22ClN3O2. The standard InChI is InChI=1S/C15H22ClN3O2/c1-3-17-14-13(16)9-11(10-18-14)15(20)19-7-5-12(6-8-19)21-4-2/h9-10,12H,3-8H2,1-2H3,(H,17,18). The number of halogens is 1. The van der Waals surface area contributed by atoms with Crippen LogP contribution >= 0.6 is 11.6 Å². The Labute approximate surface area is 130 Å². The zero-order valence-corrected chi connectivity index (χ0v) is 13.3. The van der Waals surface area contributed by atoms with Crippen molar-refractivity contribution >= 4 is 23.3 Å². The van der Waals surface area contributed by atoms with Gasteiger partial charge in [0.1, 0.15) is 5.82 Å². The molecule has 2 heterocycles. The number of nitrogens with zero attached hydrogens (tertiary/aromatic N) is 2. The summed E-state index contributed by atoms with van der Waals surface area (Å²) in [5.41, 5.74) is 0.538. The largest absolute Gasteiger partial charge is 0.378 e. The first kappa shape index (κ1) is 16.0. The third-order valence-electron chi connectivity index (χ3n) is 3.56. The highest BCUT2D eigenvalue weighted by molar-refractivity contribution is 6.33. The summed E-state index contributed by atoms with van der Waals surface area (Å²) in [6.45, 7) is 6.87. The van der Waals surface area contributed by atoms with Crippen LogP contribution in [-0.4, -0.2) is 48.1 Å². The second kappa shape index (κ2) is 7.61. The molecule has 6 heteroatoms. The Hall–Kier alpha value is -1.33. The van der Waals surface area contributed by atoms with Crippen LogP contribution in [0.2, 0.25) is 5.02 Å². The zero-order chi connectivity index (χ0) is 15.2. The van der Waals surface area contributed by atoms with Crippen molar-refractivity contribution in [3.8, 4) is 0 Å². The minimum atomic E-state index is -0.0117. The molecule has 1 amide bonds. The molecule has 1 aliphatic rings. The fraction of sp³-hybridized carbons (Fsp3) is 0.600. The average molecular weight is 312 g/mol. The van der Waals surface area contributed by atoms with Crippen molar-refractivity contribution in [2.24, 2.45) is 0 Å². The summed E-state index contributed by atoms with van der Waals surface area (Å²) in [5.74, 6) is 0.605. The van der Waals surface area contributed by atoms with Gasteiger partial charge in [0.05, 0.1) is 16.7 Å². The van der Waals surface area contributed by atoms with Gasteiger partial charge in [-0.2, -0.15) is 0 Å². The Kier molecular flexibility index (Phi) is 5.82. The van der Waals surface area contributed by atoms with E-state index in [9.17, 15) is 4.79 Å². The van der Waals surface area contributed by atoms with E-state index < -0.39 is 0 Å². The molecule has 116 valence electrons. The van der Waals surface area contributed by atoms with E-state index in [1.165, 1.54) is 0 Å². The third-order valence-corrected chi connectivity index (χ3v) is 3.85. The summed E-state index contributed by atoms with van der Waals surface area (Å²) >= 11 is 6.14. The maximum absolute atomic E-state index is 12.5. The number of nitrogens with one attached hydrogen (secondary N) is 1. The summed E-state index contributed by atoms with van der Waals surface area (Å²) in [5, 5.41) is 3.54. The van der Waals surface area contributed by atoms with Gasteiger partial charge in [0, 0.05) is 32.4 Å². The number of carbonyl (C=O) groups is 1. The molecule has 0 radical (unpaired) electrons. The number of rotatable bonds is 5. The first-order chi connectivity index (χ1) is 10.2. The van der Waals surface area contributed by atoms with Gasteiger partial charge in [-0.05, 0) is 32.8 Å². The molecule has 0 atom stereocenters. The lowest BCUT2D eigenvalue weighted by atomic mass is 10.1. The van der Waals surface area contributed by atoms with Crippen LogP contribution in [-0.2, 0) is 4.74 Å². The van der Waals surface area contributed by atoms with Crippen LogP contribution in [0.25, 0.3) is 0 Å². The van der Waals surface area contributed by atoms with Crippen molar-refractivity contribution < 1.29 is 9.53 Å². The number of hydrogen-bond acceptors (Lipinski definition) is 4. The molecule has 1 aromatic rings. The molecule has 0 aliphatic carbocycles. The van der Waals surface area contributed by atoms with E-state index in [0.717, 1.165) is 39.1 Å². The van der Waals surface area contributed by atoms with E-state index in [1.807, 2.05) is 18.7 Å². The molecule has 1 aliphatic heterocycles. The van der Waals surface area contributed by atoms with E-state index >= 15 is 0 Å². The van der Waals surface area contributed by atoms with Gasteiger partial charge >= 0.3 is 0 Å². The first-order valence-electron chi connectivity index (χ1n) is 7.46. The third kappa shape index (κ3) is 4.08. The van der Waals surface area contributed by atoms with Crippen molar-refractivity contribution in [2.75, 3.05) is 31.6 Å². The topological polar surface area (TPSA) is 54.5 Å². The molecule has 1 fully saturated rings. The molecule has 1 N–H and O–H groups in total. The Morgan fingerprint density at radius 3 is 2.76 bits per heavy atom. The lowest BCUT2D eigenvalue weighted by Crippen LogP contribution is -2.41. The maximum atomic E-state index is 12.5. The molecule has 0 bridgehead atoms. The quantitative estimate of drug-likeness (QED) is 0.908. The van der Waals surface area contributed by atoms with E-state index in [0.29, 0.717) is 16.4 Å². The van der Waals surface area contributed by atoms with Crippen LogP contribution in [0.3, 0.4) is 0 Å². The lowest BCUT2D eigenvalue weighted by molar-refractivity contribution is 0.0146. The van der Waals surface area contributed by atoms with E-state index in [4.69, 9.17) is 16.3 Å². The molecule has 0 spiro atoms. The molecule has 1 aromatic heterocycles. The van der Waals surface area contributed by atoms with Crippen LogP contribution in [0.1, 0.15) is 37.0 Å². The predicted octanol–water partition coefficient (Wildman–Crippen LogP) is 2.81. The first-order valence-corrected chi connectivity index (χ1v) is 7.83. The van der Waals surface area contributed by atoms with Crippen LogP contribution in [0.4, 0.5) is 5.82 Å². The number of anilines is 1. The number of hydrogen-bond donors (Lipinski definition) is 1. The number of carbonyl (C=O) groups excluding carboxylic acids is 1. The van der Waals surface area contributed by atoms with Gasteiger partial charge in [-0.1, -0.05) is 11.6 Å². The summed E-state index contributed by atoms with van der Waals surface area (Å²) < 4.78 is 5.60. The molecule has 2 rings (SSSR count). The second-order valence-electron chi connectivity index (χ2n) is 5.03. The normalized spacial score (nSPS) is 16.0. The number of likely N-dealkylation sites (tertiary alicyclic amines) is 1. The SMILES string of the molecule is CCNc1ncc(C(=O)N2CCC(OCC)CC2)cc1Cl. The fourth-order valence-electron chi connectivity index (χ4n) is 2.50. The van der Waals surface area contributed by atoms with Crippen molar-refractivity contribution in [2.45, 2.75) is 32.8 Å². The highest BCUT2D eigenvalue weighted by atomic mass is 35.5. The second-order valence-corrected chi connectivity index (χ2v) is 5.44. The molecular weight excluding hydrogens is 290 g/mol. The predicted molar refractivity (Wildman–Crippen MR) is 84.0 cm³/mol. The van der Waals surface area contributed by atoms with Gasteiger partial charge in [-0.15, -0.1) is 0 Å². The van der Waals surface area contributed by atoms with Gasteiger partial charge in [0.15, 0.2) is 0 Å².